The van der Waals surface area contributed by atoms with Gasteiger partial charge in [0.1, 0.15) is 11.6 Å². The number of imidazole rings is 1. The molecule has 1 amide bonds. The fraction of sp³-hybridized carbons (Fsp3) is 0.259. The summed E-state index contributed by atoms with van der Waals surface area (Å²) >= 11 is 0. The lowest BCUT2D eigenvalue weighted by Gasteiger charge is -2.24. The highest BCUT2D eigenvalue weighted by Crippen LogP contribution is 2.33. The Balaban J connectivity index is 1.53. The maximum Gasteiger partial charge on any atom is 0.254 e. The Hall–Kier alpha value is -3.47. The minimum absolute atomic E-state index is 0.184. The molecule has 0 bridgehead atoms. The van der Waals surface area contributed by atoms with E-state index in [1.54, 1.807) is 11.0 Å². The molecular weight excluding hydrogens is 401 g/mol. The Kier molecular flexibility index (Phi) is 5.48. The van der Waals surface area contributed by atoms with Gasteiger partial charge in [0.05, 0.1) is 17.6 Å². The maximum absolute atomic E-state index is 14.0. The first-order valence-electron chi connectivity index (χ1n) is 11.1. The number of fused-ring (bicyclic) bond motifs is 1. The van der Waals surface area contributed by atoms with E-state index < -0.39 is 5.82 Å². The quantitative estimate of drug-likeness (QED) is 0.377. The number of carbonyl (C=O) groups is 1. The van der Waals surface area contributed by atoms with Crippen molar-refractivity contribution in [3.63, 3.8) is 0 Å². The van der Waals surface area contributed by atoms with Crippen LogP contribution < -0.4 is 0 Å². The molecule has 0 atom stereocenters. The van der Waals surface area contributed by atoms with Gasteiger partial charge in [0.2, 0.25) is 0 Å². The Labute approximate surface area is 187 Å². The first-order chi connectivity index (χ1) is 15.6. The van der Waals surface area contributed by atoms with E-state index in [1.165, 1.54) is 25.0 Å². The molecule has 5 rings (SSSR count). The molecule has 4 aromatic rings. The number of para-hydroxylation sites is 2. The molecule has 0 aliphatic heterocycles. The number of hydrogen-bond donors (Lipinski definition) is 0. The smallest absolute Gasteiger partial charge is 0.254 e. The van der Waals surface area contributed by atoms with Crippen LogP contribution in [0.3, 0.4) is 0 Å². The van der Waals surface area contributed by atoms with E-state index >= 15 is 0 Å². The molecule has 0 N–H and O–H groups in total. The van der Waals surface area contributed by atoms with E-state index in [0.717, 1.165) is 34.5 Å². The Bertz CT molecular complexity index is 1260. The van der Waals surface area contributed by atoms with Crippen molar-refractivity contribution >= 4 is 16.9 Å². The number of halogens is 1. The van der Waals surface area contributed by atoms with Crippen LogP contribution in [0.1, 0.15) is 40.2 Å². The molecule has 4 nitrogen and oxygen atoms in total. The topological polar surface area (TPSA) is 38.1 Å². The van der Waals surface area contributed by atoms with Gasteiger partial charge < -0.3 is 9.47 Å². The van der Waals surface area contributed by atoms with Gasteiger partial charge in [-0.15, -0.1) is 0 Å². The van der Waals surface area contributed by atoms with E-state index in [2.05, 4.69) is 10.6 Å². The van der Waals surface area contributed by atoms with Crippen molar-refractivity contribution in [1.29, 1.82) is 0 Å². The van der Waals surface area contributed by atoms with E-state index in [9.17, 15) is 9.18 Å². The van der Waals surface area contributed by atoms with Crippen LogP contribution in [-0.2, 0) is 19.6 Å². The van der Waals surface area contributed by atoms with E-state index in [4.69, 9.17) is 4.98 Å². The van der Waals surface area contributed by atoms with Crippen LogP contribution in [0.5, 0.6) is 0 Å². The van der Waals surface area contributed by atoms with Crippen molar-refractivity contribution < 1.29 is 9.18 Å². The molecule has 1 aromatic heterocycles. The summed E-state index contributed by atoms with van der Waals surface area (Å²) in [6.07, 6.45) is 2.47. The minimum Gasteiger partial charge on any atom is -0.327 e. The summed E-state index contributed by atoms with van der Waals surface area (Å²) in [7, 11) is 0. The predicted molar refractivity (Wildman–Crippen MR) is 124 cm³/mol. The van der Waals surface area contributed by atoms with Crippen LogP contribution in [0.2, 0.25) is 0 Å². The summed E-state index contributed by atoms with van der Waals surface area (Å²) < 4.78 is 16.3. The fourth-order valence-electron chi connectivity index (χ4n) is 4.18. The van der Waals surface area contributed by atoms with Crippen molar-refractivity contribution in [3.05, 3.63) is 101 Å². The lowest BCUT2D eigenvalue weighted by molar-refractivity contribution is 0.0722. The first kappa shape index (κ1) is 20.4. The second-order valence-electron chi connectivity index (χ2n) is 8.68. The van der Waals surface area contributed by atoms with Crippen molar-refractivity contribution in [3.8, 4) is 0 Å². The molecule has 0 unspecified atom stereocenters. The van der Waals surface area contributed by atoms with Gasteiger partial charge in [0, 0.05) is 18.7 Å². The summed E-state index contributed by atoms with van der Waals surface area (Å²) in [5, 5.41) is 0. The van der Waals surface area contributed by atoms with Gasteiger partial charge in [-0.3, -0.25) is 4.79 Å². The van der Waals surface area contributed by atoms with Crippen molar-refractivity contribution in [2.45, 2.75) is 39.4 Å². The molecule has 1 fully saturated rings. The molecule has 0 radical (unpaired) electrons. The number of rotatable bonds is 7. The summed E-state index contributed by atoms with van der Waals surface area (Å²) in [6, 6.07) is 22.4. The number of carbonyl (C=O) groups excluding carboxylic acids is 1. The molecule has 1 aliphatic rings. The summed E-state index contributed by atoms with van der Waals surface area (Å²) in [5.41, 5.74) is 4.23. The van der Waals surface area contributed by atoms with Gasteiger partial charge >= 0.3 is 0 Å². The van der Waals surface area contributed by atoms with Crippen LogP contribution >= 0.6 is 0 Å². The second-order valence-corrected chi connectivity index (χ2v) is 8.68. The normalized spacial score (nSPS) is 13.4. The van der Waals surface area contributed by atoms with E-state index in [0.29, 0.717) is 24.6 Å². The Morgan fingerprint density at radius 1 is 1.03 bits per heavy atom. The van der Waals surface area contributed by atoms with Gasteiger partial charge in [0.15, 0.2) is 0 Å². The van der Waals surface area contributed by atoms with Crippen LogP contribution in [-0.4, -0.2) is 20.4 Å². The van der Waals surface area contributed by atoms with Crippen LogP contribution in [0.25, 0.3) is 11.0 Å². The van der Waals surface area contributed by atoms with Gasteiger partial charge in [-0.25, -0.2) is 9.37 Å². The Morgan fingerprint density at radius 2 is 1.78 bits per heavy atom. The molecule has 162 valence electrons. The van der Waals surface area contributed by atoms with Crippen LogP contribution in [0, 0.1) is 18.7 Å². The van der Waals surface area contributed by atoms with Gasteiger partial charge in [-0.05, 0) is 61.1 Å². The molecular formula is C27H26FN3O. The second kappa shape index (κ2) is 8.58. The number of nitrogens with zero attached hydrogens (tertiary/aromatic N) is 3. The monoisotopic (exact) mass is 427 g/mol. The highest BCUT2D eigenvalue weighted by molar-refractivity contribution is 5.95. The molecule has 0 saturated heterocycles. The lowest BCUT2D eigenvalue weighted by atomic mass is 10.1. The molecule has 1 aliphatic carbocycles. The minimum atomic E-state index is -0.403. The number of aryl methyl sites for hydroxylation is 1. The molecule has 0 spiro atoms. The van der Waals surface area contributed by atoms with Crippen molar-refractivity contribution in [1.82, 2.24) is 14.5 Å². The highest BCUT2D eigenvalue weighted by atomic mass is 19.1. The third-order valence-electron chi connectivity index (χ3n) is 6.14. The Morgan fingerprint density at radius 3 is 2.56 bits per heavy atom. The molecule has 1 saturated carbocycles. The standard InChI is InChI=1S/C27H26FN3O/c1-19-11-14-22(28)15-23(19)27(32)30(16-20-7-3-2-4-8-20)18-26-29-24-9-5-6-10-25(24)31(26)17-21-12-13-21/h2-11,14-15,21H,12-13,16-18H2,1H3. The third kappa shape index (κ3) is 4.28. The predicted octanol–water partition coefficient (Wildman–Crippen LogP) is 5.74. The fourth-order valence-corrected chi connectivity index (χ4v) is 4.18. The lowest BCUT2D eigenvalue weighted by Crippen LogP contribution is -2.32. The zero-order valence-corrected chi connectivity index (χ0v) is 18.2. The van der Waals surface area contributed by atoms with Crippen LogP contribution in [0.15, 0.2) is 72.8 Å². The van der Waals surface area contributed by atoms with Crippen LogP contribution in [0.4, 0.5) is 4.39 Å². The number of aromatic nitrogens is 2. The van der Waals surface area contributed by atoms with Gasteiger partial charge in [-0.1, -0.05) is 48.5 Å². The zero-order valence-electron chi connectivity index (χ0n) is 18.2. The summed E-state index contributed by atoms with van der Waals surface area (Å²) in [6.45, 7) is 3.56. The first-order valence-corrected chi connectivity index (χ1v) is 11.1. The molecule has 1 heterocycles. The van der Waals surface area contributed by atoms with Gasteiger partial charge in [0.25, 0.3) is 5.91 Å². The average Bonchev–Trinajstić information content (AvgIpc) is 3.56. The number of benzene rings is 3. The van der Waals surface area contributed by atoms with Gasteiger partial charge in [-0.2, -0.15) is 0 Å². The van der Waals surface area contributed by atoms with E-state index in [-0.39, 0.29) is 5.91 Å². The zero-order chi connectivity index (χ0) is 22.1. The SMILES string of the molecule is Cc1ccc(F)cc1C(=O)N(Cc1ccccc1)Cc1nc2ccccc2n1CC1CC1. The summed E-state index contributed by atoms with van der Waals surface area (Å²) in [4.78, 5) is 20.3. The number of hydrogen-bond acceptors (Lipinski definition) is 2. The average molecular weight is 428 g/mol. The highest BCUT2D eigenvalue weighted by Gasteiger charge is 2.26. The maximum atomic E-state index is 14.0. The molecule has 5 heteroatoms. The van der Waals surface area contributed by atoms with Crippen molar-refractivity contribution in [2.24, 2.45) is 5.92 Å². The summed E-state index contributed by atoms with van der Waals surface area (Å²) in [5.74, 6) is 0.960. The number of amides is 1. The van der Waals surface area contributed by atoms with E-state index in [1.807, 2.05) is 55.5 Å². The molecule has 32 heavy (non-hydrogen) atoms. The van der Waals surface area contributed by atoms with Crippen molar-refractivity contribution in [2.75, 3.05) is 0 Å². The third-order valence-corrected chi connectivity index (χ3v) is 6.14. The molecule has 3 aromatic carbocycles. The largest absolute Gasteiger partial charge is 0.327 e.